The maximum Gasteiger partial charge on any atom is 0.329 e. The highest BCUT2D eigenvalue weighted by Gasteiger charge is 2.53. The zero-order valence-electron chi connectivity index (χ0n) is 40.6. The Labute approximate surface area is 387 Å². The second kappa shape index (κ2) is 25.1. The smallest absolute Gasteiger partial charge is 0.329 e. The van der Waals surface area contributed by atoms with Crippen LogP contribution in [0.4, 0.5) is 0 Å². The van der Waals surface area contributed by atoms with E-state index in [1.54, 1.807) is 41.1 Å². The van der Waals surface area contributed by atoms with Gasteiger partial charge in [0.15, 0.2) is 5.78 Å². The molecular formula is C51H79NO13. The number of hydrogen-bond donors (Lipinski definition) is 3. The summed E-state index contributed by atoms with van der Waals surface area (Å²) in [7, 11) is 4.52. The lowest BCUT2D eigenvalue weighted by molar-refractivity contribution is -0.265. The molecule has 3 fully saturated rings. The molecule has 3 heterocycles. The number of hydrogen-bond acceptors (Lipinski definition) is 13. The molecule has 0 spiro atoms. The zero-order chi connectivity index (χ0) is 48.2. The second-order valence-corrected chi connectivity index (χ2v) is 19.6. The van der Waals surface area contributed by atoms with E-state index in [4.69, 9.17) is 23.7 Å². The molecule has 3 N–H and O–H groups in total. The van der Waals surface area contributed by atoms with Crippen molar-refractivity contribution >= 4 is 29.2 Å². The van der Waals surface area contributed by atoms with Gasteiger partial charge in [-0.2, -0.15) is 0 Å². The fraction of sp³-hybridized carbons (Fsp3) is 0.745. The van der Waals surface area contributed by atoms with E-state index < -0.39 is 83.9 Å². The molecule has 0 aromatic carbocycles. The summed E-state index contributed by atoms with van der Waals surface area (Å²) in [6, 6.07) is -1.14. The van der Waals surface area contributed by atoms with Gasteiger partial charge in [0.25, 0.3) is 11.7 Å². The number of ether oxygens (including phenoxy) is 5. The molecule has 3 aliphatic heterocycles. The molecule has 1 amide bonds. The maximum absolute atomic E-state index is 14.4. The number of ketones is 3. The summed E-state index contributed by atoms with van der Waals surface area (Å²) in [5.74, 6) is -7.96. The van der Waals surface area contributed by atoms with Gasteiger partial charge in [0.05, 0.1) is 24.4 Å². The number of rotatable bonds is 6. The summed E-state index contributed by atoms with van der Waals surface area (Å²) in [4.78, 5) is 71.8. The van der Waals surface area contributed by atoms with Crippen LogP contribution in [0.15, 0.2) is 47.6 Å². The highest BCUT2D eigenvalue weighted by atomic mass is 16.6. The first kappa shape index (κ1) is 54.2. The van der Waals surface area contributed by atoms with E-state index in [-0.39, 0.29) is 54.8 Å². The van der Waals surface area contributed by atoms with Crippen molar-refractivity contribution in [2.75, 3.05) is 27.9 Å². The van der Waals surface area contributed by atoms with Crippen molar-refractivity contribution < 1.29 is 63.0 Å². The number of cyclic esters (lactones) is 1. The number of carbonyl (C=O) groups is 5. The van der Waals surface area contributed by atoms with Gasteiger partial charge in [-0.3, -0.25) is 19.2 Å². The van der Waals surface area contributed by atoms with Crippen LogP contribution in [0.5, 0.6) is 0 Å². The van der Waals surface area contributed by atoms with Gasteiger partial charge in [0.1, 0.15) is 30.1 Å². The van der Waals surface area contributed by atoms with Crippen LogP contribution >= 0.6 is 0 Å². The van der Waals surface area contributed by atoms with Gasteiger partial charge in [-0.15, -0.1) is 0 Å². The predicted octanol–water partition coefficient (Wildman–Crippen LogP) is 6.18. The lowest BCUT2D eigenvalue weighted by Gasteiger charge is -2.42. The SMILES string of the molecule is COC1C[C@@H]2CC[C@@H](C)[C@@](O)(O2)C(=O)C(=O)N2CCCC[C@H]2C(=O)O[C@H]([C@H](C)C[C@@H]2CC[C@@H](O)[C@H](OC)C2)CC(=O)[C@H](C)/C=C(\C)[C@@H](O)[C@@H](OC)C(=O)C(C)C[C@H](C)/C=C/C=CC=C1C. The first-order chi connectivity index (χ1) is 30.7. The minimum atomic E-state index is -2.43. The third kappa shape index (κ3) is 14.3. The van der Waals surface area contributed by atoms with E-state index in [2.05, 4.69) is 0 Å². The number of amides is 1. The van der Waals surface area contributed by atoms with Crippen LogP contribution in [-0.2, 0) is 47.7 Å². The molecule has 4 rings (SSSR count). The molecule has 2 unspecified atom stereocenters. The average Bonchev–Trinajstić information content (AvgIpc) is 3.28. The van der Waals surface area contributed by atoms with Crippen molar-refractivity contribution in [2.24, 2.45) is 35.5 Å². The summed E-state index contributed by atoms with van der Waals surface area (Å²) >= 11 is 0. The average molecular weight is 914 g/mol. The van der Waals surface area contributed by atoms with E-state index in [0.717, 1.165) is 12.0 Å². The highest BCUT2D eigenvalue weighted by Crippen LogP contribution is 2.38. The van der Waals surface area contributed by atoms with E-state index in [1.165, 1.54) is 12.0 Å². The molecule has 2 saturated heterocycles. The predicted molar refractivity (Wildman–Crippen MR) is 245 cm³/mol. The molecule has 0 aromatic heterocycles. The van der Waals surface area contributed by atoms with Gasteiger partial charge in [0.2, 0.25) is 5.79 Å². The van der Waals surface area contributed by atoms with E-state index in [0.29, 0.717) is 63.4 Å². The first-order valence-electron chi connectivity index (χ1n) is 23.9. The van der Waals surface area contributed by atoms with Crippen LogP contribution in [0.1, 0.15) is 126 Å². The number of piperidine rings is 1. The Balaban J connectivity index is 1.70. The molecule has 0 radical (unpaired) electrons. The number of fused-ring (bicyclic) bond motifs is 3. The minimum Gasteiger partial charge on any atom is -0.460 e. The number of nitrogens with zero attached hydrogens (tertiary/aromatic N) is 1. The quantitative estimate of drug-likeness (QED) is 0.156. The summed E-state index contributed by atoms with van der Waals surface area (Å²) in [6.45, 7) is 12.7. The Kier molecular flexibility index (Phi) is 21.0. The normalized spacial score (nSPS) is 39.1. The van der Waals surface area contributed by atoms with Crippen LogP contribution in [-0.4, -0.2) is 132 Å². The Morgan fingerprint density at radius 2 is 1.57 bits per heavy atom. The number of allylic oxidation sites excluding steroid dienone is 6. The molecule has 15 atom stereocenters. The lowest BCUT2D eigenvalue weighted by atomic mass is 9.78. The van der Waals surface area contributed by atoms with Crippen molar-refractivity contribution in [3.05, 3.63) is 47.6 Å². The minimum absolute atomic E-state index is 0.0193. The van der Waals surface area contributed by atoms with E-state index >= 15 is 0 Å². The van der Waals surface area contributed by atoms with Crippen molar-refractivity contribution in [1.82, 2.24) is 4.90 Å². The molecule has 4 aliphatic rings. The standard InChI is InChI=1S/C51H79NO13/c1-30-16-12-11-13-17-31(2)42(61-8)28-38-21-19-36(7)51(60,65-38)48(57)49(58)52-23-15-14-18-39(52)50(59)64-43(33(4)26-37-20-22-40(53)44(27-37)62-9)29-41(54)32(3)25-35(6)46(56)47(63-10)45(55)34(5)24-30/h11-13,16-17,25,30,32-34,36-40,42-44,46-47,53,56,60H,14-15,18-24,26-29H2,1-10H3/b13-11?,16-12+,31-17?,35-25+/t30-,32-,33-,34?,36-,37+,38+,39+,40-,42?,43+,44-,46-,47+,51-/m1/s1. The number of methoxy groups -OCH3 is 3. The molecule has 65 heavy (non-hydrogen) atoms. The highest BCUT2D eigenvalue weighted by molar-refractivity contribution is 6.39. The topological polar surface area (TPSA) is 195 Å². The summed E-state index contributed by atoms with van der Waals surface area (Å²) in [5.41, 5.74) is 1.27. The monoisotopic (exact) mass is 914 g/mol. The first-order valence-corrected chi connectivity index (χ1v) is 23.9. The number of aliphatic hydroxyl groups excluding tert-OH is 2. The molecule has 14 nitrogen and oxygen atoms in total. The maximum atomic E-state index is 14.4. The number of carbonyl (C=O) groups excluding carboxylic acids is 5. The van der Waals surface area contributed by atoms with Crippen LogP contribution in [0.2, 0.25) is 0 Å². The molecular weight excluding hydrogens is 835 g/mol. The van der Waals surface area contributed by atoms with Gasteiger partial charge in [0, 0.05) is 58.5 Å². The van der Waals surface area contributed by atoms with Crippen molar-refractivity contribution in [1.29, 1.82) is 0 Å². The number of Topliss-reactive ketones (excluding diaryl/α,β-unsaturated/α-hetero) is 3. The Morgan fingerprint density at radius 3 is 2.25 bits per heavy atom. The zero-order valence-corrected chi connectivity index (χ0v) is 40.6. The van der Waals surface area contributed by atoms with Crippen molar-refractivity contribution in [3.8, 4) is 0 Å². The largest absolute Gasteiger partial charge is 0.460 e. The van der Waals surface area contributed by atoms with E-state index in [9.17, 15) is 39.3 Å². The summed E-state index contributed by atoms with van der Waals surface area (Å²) < 4.78 is 29.4. The summed E-state index contributed by atoms with van der Waals surface area (Å²) in [5, 5.41) is 33.8. The molecule has 1 aliphatic carbocycles. The van der Waals surface area contributed by atoms with Gasteiger partial charge < -0.3 is 43.9 Å². The van der Waals surface area contributed by atoms with Gasteiger partial charge in [-0.05, 0) is 107 Å². The van der Waals surface area contributed by atoms with Gasteiger partial charge >= 0.3 is 5.97 Å². The molecule has 1 saturated carbocycles. The Morgan fingerprint density at radius 1 is 0.846 bits per heavy atom. The van der Waals surface area contributed by atoms with E-state index in [1.807, 2.05) is 58.1 Å². The molecule has 14 heteroatoms. The van der Waals surface area contributed by atoms with Crippen LogP contribution in [0.3, 0.4) is 0 Å². The third-order valence-corrected chi connectivity index (χ3v) is 14.5. The second-order valence-electron chi connectivity index (χ2n) is 19.6. The van der Waals surface area contributed by atoms with Crippen LogP contribution in [0, 0.1) is 35.5 Å². The Bertz CT molecular complexity index is 1760. The Hall–Kier alpha value is -3.37. The van der Waals surface area contributed by atoms with Crippen LogP contribution in [0.25, 0.3) is 0 Å². The molecule has 366 valence electrons. The molecule has 2 bridgehead atoms. The fourth-order valence-electron chi connectivity index (χ4n) is 10.1. The number of aliphatic hydroxyl groups is 3. The van der Waals surface area contributed by atoms with Crippen LogP contribution < -0.4 is 0 Å². The van der Waals surface area contributed by atoms with Gasteiger partial charge in [-0.25, -0.2) is 4.79 Å². The number of esters is 1. The van der Waals surface area contributed by atoms with Crippen molar-refractivity contribution in [2.45, 2.75) is 180 Å². The fourth-order valence-corrected chi connectivity index (χ4v) is 10.1. The third-order valence-electron chi connectivity index (χ3n) is 14.5. The summed E-state index contributed by atoms with van der Waals surface area (Å²) in [6.07, 6.45) is 11.2. The lowest BCUT2D eigenvalue weighted by Crippen LogP contribution is -2.61. The van der Waals surface area contributed by atoms with Gasteiger partial charge in [-0.1, -0.05) is 71.1 Å². The van der Waals surface area contributed by atoms with Crippen molar-refractivity contribution in [3.63, 3.8) is 0 Å². The molecule has 0 aromatic rings.